The Labute approximate surface area is 219 Å². The molecule has 0 amide bonds. The van der Waals surface area contributed by atoms with E-state index in [4.69, 9.17) is 14.6 Å². The zero-order valence-corrected chi connectivity index (χ0v) is 23.2. The second-order valence-electron chi connectivity index (χ2n) is 12.1. The van der Waals surface area contributed by atoms with E-state index in [2.05, 4.69) is 77.2 Å². The third-order valence-electron chi connectivity index (χ3n) is 7.39. The van der Waals surface area contributed by atoms with E-state index in [-0.39, 0.29) is 22.5 Å². The van der Waals surface area contributed by atoms with Crippen LogP contribution in [0.2, 0.25) is 0 Å². The Morgan fingerprint density at radius 1 is 1.03 bits per heavy atom. The predicted molar refractivity (Wildman–Crippen MR) is 147 cm³/mol. The van der Waals surface area contributed by atoms with Gasteiger partial charge >= 0.3 is 0 Å². The van der Waals surface area contributed by atoms with Crippen molar-refractivity contribution in [3.05, 3.63) is 76.1 Å². The van der Waals surface area contributed by atoms with E-state index in [0.29, 0.717) is 17.9 Å². The molecule has 1 unspecified atom stereocenters. The summed E-state index contributed by atoms with van der Waals surface area (Å²) in [5.74, 6) is 2.17. The maximum atomic E-state index is 13.8. The van der Waals surface area contributed by atoms with E-state index in [1.54, 1.807) is 14.2 Å². The first-order valence-corrected chi connectivity index (χ1v) is 12.9. The number of hydrogen-bond donors (Lipinski definition) is 1. The first-order valence-electron chi connectivity index (χ1n) is 12.9. The lowest BCUT2D eigenvalue weighted by molar-refractivity contribution is -0.118. The number of aryl methyl sites for hydroxylation is 1. The minimum Gasteiger partial charge on any atom is -0.493 e. The molecule has 0 saturated heterocycles. The molecule has 0 fully saturated rings. The van der Waals surface area contributed by atoms with Crippen molar-refractivity contribution in [3.63, 3.8) is 0 Å². The smallest absolute Gasteiger partial charge is 0.162 e. The molecule has 2 heterocycles. The standard InChI is InChI=1S/C31H37N3O3/c1-18-10-9-11-20(14-18)34-29-27(28(33-34)30(2,3)4)25(19-12-13-23(36-7)24(15-19)37-8)26-21(32-29)16-31(5,6)17-22(26)35/h9-15,25,32H,16-17H2,1-8H3. The van der Waals surface area contributed by atoms with Crippen LogP contribution in [0.1, 0.15) is 75.8 Å². The maximum Gasteiger partial charge on any atom is 0.162 e. The van der Waals surface area contributed by atoms with Crippen molar-refractivity contribution in [2.75, 3.05) is 19.5 Å². The molecule has 6 nitrogen and oxygen atoms in total. The van der Waals surface area contributed by atoms with Crippen LogP contribution >= 0.6 is 0 Å². The molecule has 1 atom stereocenters. The molecule has 1 aliphatic carbocycles. The molecule has 2 aliphatic rings. The highest BCUT2D eigenvalue weighted by Crippen LogP contribution is 2.52. The van der Waals surface area contributed by atoms with E-state index < -0.39 is 0 Å². The van der Waals surface area contributed by atoms with Gasteiger partial charge in [-0.25, -0.2) is 4.68 Å². The minimum atomic E-state index is -0.262. The average molecular weight is 500 g/mol. The molecule has 2 aromatic carbocycles. The second kappa shape index (κ2) is 8.79. The summed E-state index contributed by atoms with van der Waals surface area (Å²) in [7, 11) is 3.28. The summed E-state index contributed by atoms with van der Waals surface area (Å²) in [6.45, 7) is 12.9. The van der Waals surface area contributed by atoms with Crippen molar-refractivity contribution < 1.29 is 14.3 Å². The van der Waals surface area contributed by atoms with Crippen molar-refractivity contribution in [2.24, 2.45) is 5.41 Å². The quantitative estimate of drug-likeness (QED) is 0.433. The third kappa shape index (κ3) is 4.32. The number of hydrogen-bond acceptors (Lipinski definition) is 5. The van der Waals surface area contributed by atoms with Crippen molar-refractivity contribution in [1.29, 1.82) is 0 Å². The van der Waals surface area contributed by atoms with Gasteiger partial charge in [0.15, 0.2) is 17.3 Å². The first-order chi connectivity index (χ1) is 17.4. The van der Waals surface area contributed by atoms with Gasteiger partial charge in [-0.1, -0.05) is 52.8 Å². The molecule has 37 heavy (non-hydrogen) atoms. The van der Waals surface area contributed by atoms with Gasteiger partial charge < -0.3 is 14.8 Å². The Morgan fingerprint density at radius 2 is 1.76 bits per heavy atom. The molecule has 1 N–H and O–H groups in total. The van der Waals surface area contributed by atoms with Gasteiger partial charge in [0.05, 0.1) is 25.6 Å². The number of carbonyl (C=O) groups is 1. The highest BCUT2D eigenvalue weighted by Gasteiger charge is 2.45. The molecule has 0 saturated carbocycles. The summed E-state index contributed by atoms with van der Waals surface area (Å²) in [5, 5.41) is 8.92. The highest BCUT2D eigenvalue weighted by atomic mass is 16.5. The molecule has 6 heteroatoms. The maximum absolute atomic E-state index is 13.8. The van der Waals surface area contributed by atoms with E-state index in [1.807, 2.05) is 16.8 Å². The SMILES string of the molecule is COc1ccc(C2C3=C(CC(C)(C)CC3=O)Nc3c2c(C(C)(C)C)nn3-c2cccc(C)c2)cc1OC. The van der Waals surface area contributed by atoms with E-state index >= 15 is 0 Å². The number of carbonyl (C=O) groups excluding carboxylic acids is 1. The summed E-state index contributed by atoms with van der Waals surface area (Å²) in [6, 6.07) is 14.4. The Bertz CT molecular complexity index is 1420. The van der Waals surface area contributed by atoms with Crippen LogP contribution in [-0.2, 0) is 10.2 Å². The Hall–Kier alpha value is -3.54. The molecular formula is C31H37N3O3. The van der Waals surface area contributed by atoms with Crippen LogP contribution in [0.4, 0.5) is 5.82 Å². The van der Waals surface area contributed by atoms with Crippen LogP contribution in [0.15, 0.2) is 53.7 Å². The largest absolute Gasteiger partial charge is 0.493 e. The number of fused-ring (bicyclic) bond motifs is 1. The average Bonchev–Trinajstić information content (AvgIpc) is 3.21. The van der Waals surface area contributed by atoms with Gasteiger partial charge in [-0.2, -0.15) is 5.10 Å². The fraction of sp³-hybridized carbons (Fsp3) is 0.419. The van der Waals surface area contributed by atoms with Gasteiger partial charge in [0.2, 0.25) is 0 Å². The lowest BCUT2D eigenvalue weighted by Crippen LogP contribution is -2.34. The second-order valence-corrected chi connectivity index (χ2v) is 12.1. The molecule has 3 aromatic rings. The number of allylic oxidation sites excluding steroid dienone is 2. The molecule has 5 rings (SSSR count). The number of rotatable bonds is 4. The van der Waals surface area contributed by atoms with E-state index in [0.717, 1.165) is 46.0 Å². The summed E-state index contributed by atoms with van der Waals surface area (Å²) >= 11 is 0. The van der Waals surface area contributed by atoms with Crippen molar-refractivity contribution >= 4 is 11.6 Å². The van der Waals surface area contributed by atoms with Crippen LogP contribution in [0.5, 0.6) is 11.5 Å². The van der Waals surface area contributed by atoms with Gasteiger partial charge in [-0.05, 0) is 54.2 Å². The topological polar surface area (TPSA) is 65.4 Å². The number of aromatic nitrogens is 2. The fourth-order valence-electron chi connectivity index (χ4n) is 5.76. The highest BCUT2D eigenvalue weighted by molar-refractivity contribution is 6.01. The summed E-state index contributed by atoms with van der Waals surface area (Å²) in [5.41, 5.74) is 6.64. The number of ether oxygens (including phenoxy) is 2. The first kappa shape index (κ1) is 25.1. The lowest BCUT2D eigenvalue weighted by atomic mass is 9.68. The number of anilines is 1. The van der Waals surface area contributed by atoms with Crippen LogP contribution in [0.3, 0.4) is 0 Å². The lowest BCUT2D eigenvalue weighted by Gasteiger charge is -2.39. The molecule has 194 valence electrons. The molecule has 0 bridgehead atoms. The summed E-state index contributed by atoms with van der Waals surface area (Å²) < 4.78 is 13.2. The van der Waals surface area contributed by atoms with Gasteiger partial charge in [-0.15, -0.1) is 0 Å². The molecule has 0 radical (unpaired) electrons. The Kier molecular flexibility index (Phi) is 5.97. The molecule has 1 aliphatic heterocycles. The number of nitrogens with zero attached hydrogens (tertiary/aromatic N) is 2. The van der Waals surface area contributed by atoms with Gasteiger partial charge in [0.25, 0.3) is 0 Å². The van der Waals surface area contributed by atoms with Crippen molar-refractivity contribution in [3.8, 4) is 17.2 Å². The summed E-state index contributed by atoms with van der Waals surface area (Å²) in [4.78, 5) is 13.8. The number of ketones is 1. The molecule has 0 spiro atoms. The van der Waals surface area contributed by atoms with Gasteiger partial charge in [-0.3, -0.25) is 4.79 Å². The van der Waals surface area contributed by atoms with Crippen LogP contribution in [-0.4, -0.2) is 29.8 Å². The van der Waals surface area contributed by atoms with Crippen LogP contribution in [0, 0.1) is 12.3 Å². The molecular weight excluding hydrogens is 462 g/mol. The monoisotopic (exact) mass is 499 g/mol. The van der Waals surface area contributed by atoms with Gasteiger partial charge in [0.1, 0.15) is 5.82 Å². The molecule has 1 aromatic heterocycles. The minimum absolute atomic E-state index is 0.121. The number of nitrogens with one attached hydrogen (secondary N) is 1. The zero-order valence-electron chi connectivity index (χ0n) is 23.2. The van der Waals surface area contributed by atoms with E-state index in [9.17, 15) is 4.79 Å². The van der Waals surface area contributed by atoms with E-state index in [1.165, 1.54) is 5.56 Å². The van der Waals surface area contributed by atoms with Gasteiger partial charge in [0, 0.05) is 34.6 Å². The van der Waals surface area contributed by atoms with Crippen molar-refractivity contribution in [1.82, 2.24) is 9.78 Å². The van der Waals surface area contributed by atoms with Crippen LogP contribution in [0.25, 0.3) is 5.69 Å². The Morgan fingerprint density at radius 3 is 2.41 bits per heavy atom. The normalized spacial score (nSPS) is 18.7. The Balaban J connectivity index is 1.83. The third-order valence-corrected chi connectivity index (χ3v) is 7.39. The predicted octanol–water partition coefficient (Wildman–Crippen LogP) is 6.70. The van der Waals surface area contributed by atoms with Crippen molar-refractivity contribution in [2.45, 2.75) is 65.7 Å². The summed E-state index contributed by atoms with van der Waals surface area (Å²) in [6.07, 6.45) is 1.31. The fourth-order valence-corrected chi connectivity index (χ4v) is 5.76. The number of benzene rings is 2. The number of Topliss-reactive ketones (excluding diaryl/α,β-unsaturated/α-hetero) is 1. The number of methoxy groups -OCH3 is 2. The van der Waals surface area contributed by atoms with Crippen LogP contribution < -0.4 is 14.8 Å². The zero-order chi connectivity index (χ0) is 26.7.